The number of amides is 1. The fourth-order valence-electron chi connectivity index (χ4n) is 5.21. The fourth-order valence-corrected chi connectivity index (χ4v) is 9.21. The number of hydrogen-bond acceptors (Lipinski definition) is 23. The maximum atomic E-state index is 12.9. The molecular formula is C33H33N7O21S5. The zero-order valence-corrected chi connectivity index (χ0v) is 37.6. The minimum atomic E-state index is -5.21. The van der Waals surface area contributed by atoms with Crippen molar-refractivity contribution in [1.82, 2.24) is 0 Å². The van der Waals surface area contributed by atoms with Crippen LogP contribution >= 0.6 is 0 Å². The number of azo groups is 3. The number of aromatic carboxylic acids is 1. The number of carboxylic acids is 1. The zero-order chi connectivity index (χ0) is 49.6. The molecule has 0 radical (unpaired) electrons. The number of carbonyl (C=O) groups excluding carboxylic acids is 1. The van der Waals surface area contributed by atoms with Crippen molar-refractivity contribution in [2.75, 3.05) is 37.1 Å². The van der Waals surface area contributed by atoms with E-state index < -0.39 is 131 Å². The van der Waals surface area contributed by atoms with Crippen molar-refractivity contribution in [3.63, 3.8) is 0 Å². The predicted octanol–water partition coefficient (Wildman–Crippen LogP) is 4.75. The van der Waals surface area contributed by atoms with Gasteiger partial charge in [0.15, 0.2) is 31.1 Å². The van der Waals surface area contributed by atoms with Gasteiger partial charge in [0.05, 0.1) is 58.6 Å². The standard InChI is InChI=1S/C33H33N7O21S5/c1-17-12-25(27(59-3)16-28(17)63(48,49)11-9-61-66(56,57)58)38-40-31-26(42)15-21(33(44)45)30(32(31)43)39-35-19-4-6-22(24(13-19)34-18(2)41)36-37-23-7-5-20(14-29(23)64(50,51)52)62(46,47)10-8-60-65(53,54)55/h4-7,12-16,42-43H,8-11H2,1-3H3,(H,34,41)(H,44,45)(H,50,51,52)(H,53,54,55)(H,56,57,58). The second-order valence-electron chi connectivity index (χ2n) is 12.8. The van der Waals surface area contributed by atoms with E-state index in [1.54, 1.807) is 0 Å². The molecule has 0 aromatic heterocycles. The van der Waals surface area contributed by atoms with Crippen LogP contribution in [0.5, 0.6) is 17.2 Å². The number of ether oxygens (including phenoxy) is 1. The summed E-state index contributed by atoms with van der Waals surface area (Å²) in [4.78, 5) is 22.1. The fraction of sp³-hybridized carbons (Fsp3) is 0.212. The smallest absolute Gasteiger partial charge is 0.397 e. The molecule has 0 fully saturated rings. The second kappa shape index (κ2) is 20.4. The van der Waals surface area contributed by atoms with Crippen molar-refractivity contribution in [2.24, 2.45) is 30.7 Å². The highest BCUT2D eigenvalue weighted by Gasteiger charge is 2.26. The Kier molecular flexibility index (Phi) is 16.1. The van der Waals surface area contributed by atoms with Crippen molar-refractivity contribution in [2.45, 2.75) is 28.5 Å². The lowest BCUT2D eigenvalue weighted by atomic mass is 10.1. The van der Waals surface area contributed by atoms with Crippen molar-refractivity contribution >= 4 is 102 Å². The van der Waals surface area contributed by atoms with Crippen LogP contribution in [0.15, 0.2) is 100.0 Å². The largest absolute Gasteiger partial charge is 0.505 e. The first-order valence-electron chi connectivity index (χ1n) is 17.4. The van der Waals surface area contributed by atoms with E-state index in [4.69, 9.17) is 13.8 Å². The molecule has 356 valence electrons. The van der Waals surface area contributed by atoms with Gasteiger partial charge in [-0.05, 0) is 61.0 Å². The number of benzene rings is 4. The van der Waals surface area contributed by atoms with Crippen LogP contribution in [0.3, 0.4) is 0 Å². The minimum Gasteiger partial charge on any atom is -0.505 e. The Morgan fingerprint density at radius 3 is 1.77 bits per heavy atom. The molecular weight excluding hydrogens is 991 g/mol. The summed E-state index contributed by atoms with van der Waals surface area (Å²) >= 11 is 0. The first-order chi connectivity index (χ1) is 30.4. The van der Waals surface area contributed by atoms with E-state index in [0.29, 0.717) is 12.1 Å². The van der Waals surface area contributed by atoms with E-state index >= 15 is 0 Å². The lowest BCUT2D eigenvalue weighted by molar-refractivity contribution is -0.114. The number of hydrogen-bond donors (Lipinski definition) is 7. The summed E-state index contributed by atoms with van der Waals surface area (Å²) in [7, 11) is -22.7. The van der Waals surface area contributed by atoms with E-state index in [2.05, 4.69) is 44.4 Å². The summed E-state index contributed by atoms with van der Waals surface area (Å²) in [6.45, 7) is 0.435. The van der Waals surface area contributed by atoms with E-state index in [-0.39, 0.29) is 39.0 Å². The van der Waals surface area contributed by atoms with Crippen LogP contribution in [0, 0.1) is 6.92 Å². The van der Waals surface area contributed by atoms with Crippen molar-refractivity contribution in [1.29, 1.82) is 0 Å². The molecule has 0 saturated heterocycles. The molecule has 0 bridgehead atoms. The SMILES string of the molecule is COc1cc(S(=O)(=O)CCOS(=O)(=O)O)c(C)cc1N=Nc1c(O)cc(C(=O)O)c(N=Nc2ccc(N=Nc3ccc(S(=O)(=O)CCOS(=O)(=O)O)cc3S(=O)(=O)O)c(NC(C)=O)c2)c1O. The van der Waals surface area contributed by atoms with Gasteiger partial charge in [-0.1, -0.05) is 0 Å². The number of phenolic OH excluding ortho intramolecular Hbond substituents is 2. The van der Waals surface area contributed by atoms with Crippen LogP contribution in [0.4, 0.5) is 39.8 Å². The minimum absolute atomic E-state index is 0.0309. The molecule has 0 atom stereocenters. The predicted molar refractivity (Wildman–Crippen MR) is 223 cm³/mol. The summed E-state index contributed by atoms with van der Waals surface area (Å²) < 4.78 is 159. The van der Waals surface area contributed by atoms with Gasteiger partial charge >= 0.3 is 26.8 Å². The Labute approximate surface area is 373 Å². The molecule has 4 rings (SSSR count). The lowest BCUT2D eigenvalue weighted by Crippen LogP contribution is -2.16. The highest BCUT2D eigenvalue weighted by atomic mass is 32.3. The summed E-state index contributed by atoms with van der Waals surface area (Å²) in [6.07, 6.45) is 0. The Bertz CT molecular complexity index is 3270. The lowest BCUT2D eigenvalue weighted by Gasteiger charge is -2.12. The van der Waals surface area contributed by atoms with Crippen LogP contribution < -0.4 is 10.1 Å². The summed E-state index contributed by atoms with van der Waals surface area (Å²) in [5, 5.41) is 56.9. The average molecular weight is 1020 g/mol. The summed E-state index contributed by atoms with van der Waals surface area (Å²) in [6, 6.07) is 8.36. The van der Waals surface area contributed by atoms with Crippen LogP contribution in [0.1, 0.15) is 22.8 Å². The number of carboxylic acid groups (broad SMARTS) is 1. The van der Waals surface area contributed by atoms with Gasteiger partial charge < -0.3 is 25.4 Å². The van der Waals surface area contributed by atoms with E-state index in [1.165, 1.54) is 6.92 Å². The number of rotatable bonds is 20. The maximum absolute atomic E-state index is 12.9. The number of sulfone groups is 2. The van der Waals surface area contributed by atoms with Gasteiger partial charge in [-0.2, -0.15) is 30.4 Å². The molecule has 0 aliphatic heterocycles. The molecule has 28 nitrogen and oxygen atoms in total. The van der Waals surface area contributed by atoms with Gasteiger partial charge in [-0.15, -0.1) is 25.6 Å². The topological polar surface area (TPSA) is 440 Å². The first kappa shape index (κ1) is 52.2. The van der Waals surface area contributed by atoms with Gasteiger partial charge in [0.2, 0.25) is 5.91 Å². The maximum Gasteiger partial charge on any atom is 0.397 e. The number of aryl methyl sites for hydroxylation is 1. The average Bonchev–Trinajstić information content (AvgIpc) is 3.18. The molecule has 7 N–H and O–H groups in total. The van der Waals surface area contributed by atoms with Gasteiger partial charge in [0, 0.05) is 13.0 Å². The molecule has 4 aromatic carbocycles. The van der Waals surface area contributed by atoms with Gasteiger partial charge in [0.25, 0.3) is 10.1 Å². The Balaban J connectivity index is 1.71. The summed E-state index contributed by atoms with van der Waals surface area (Å²) in [5.41, 5.74) is -3.70. The Morgan fingerprint density at radius 1 is 0.652 bits per heavy atom. The number of phenols is 2. The number of nitrogens with zero attached hydrogens (tertiary/aromatic N) is 6. The zero-order valence-electron chi connectivity index (χ0n) is 33.6. The van der Waals surface area contributed by atoms with Crippen molar-refractivity contribution in [3.05, 3.63) is 65.7 Å². The number of anilines is 1. The first-order valence-corrected chi connectivity index (χ1v) is 24.9. The Hall–Kier alpha value is -6.43. The van der Waals surface area contributed by atoms with Crippen molar-refractivity contribution < 1.29 is 93.8 Å². The molecule has 66 heavy (non-hydrogen) atoms. The van der Waals surface area contributed by atoms with Crippen LogP contribution in [-0.4, -0.2) is 115 Å². The third-order valence-electron chi connectivity index (χ3n) is 8.09. The third-order valence-corrected chi connectivity index (χ3v) is 13.4. The Morgan fingerprint density at radius 2 is 1.21 bits per heavy atom. The third kappa shape index (κ3) is 14.0. The molecule has 0 heterocycles. The quantitative estimate of drug-likeness (QED) is 0.0464. The number of aromatic hydroxyl groups is 2. The molecule has 0 unspecified atom stereocenters. The van der Waals surface area contributed by atoms with Gasteiger partial charge in [-0.3, -0.25) is 18.5 Å². The van der Waals surface area contributed by atoms with Crippen LogP contribution in [0.2, 0.25) is 0 Å². The number of carbonyl (C=O) groups is 2. The second-order valence-corrected chi connectivity index (χ2v) is 20.6. The molecule has 0 saturated carbocycles. The van der Waals surface area contributed by atoms with Gasteiger partial charge in [-0.25, -0.2) is 30.0 Å². The monoisotopic (exact) mass is 1020 g/mol. The molecule has 0 aliphatic rings. The highest BCUT2D eigenvalue weighted by molar-refractivity contribution is 7.92. The van der Waals surface area contributed by atoms with Crippen LogP contribution in [-0.2, 0) is 63.8 Å². The molecule has 0 spiro atoms. The van der Waals surface area contributed by atoms with E-state index in [0.717, 1.165) is 56.5 Å². The van der Waals surface area contributed by atoms with E-state index in [1.807, 2.05) is 0 Å². The summed E-state index contributed by atoms with van der Waals surface area (Å²) in [5.74, 6) is -6.58. The molecule has 4 aromatic rings. The molecule has 0 aliphatic carbocycles. The van der Waals surface area contributed by atoms with Crippen LogP contribution in [0.25, 0.3) is 0 Å². The molecule has 33 heteroatoms. The number of nitrogens with one attached hydrogen (secondary N) is 1. The normalized spacial score (nSPS) is 12.9. The number of methoxy groups -OCH3 is 1. The highest BCUT2D eigenvalue weighted by Crippen LogP contribution is 2.47. The van der Waals surface area contributed by atoms with E-state index in [9.17, 15) is 71.6 Å². The van der Waals surface area contributed by atoms with Crippen molar-refractivity contribution in [3.8, 4) is 17.2 Å². The van der Waals surface area contributed by atoms with Gasteiger partial charge in [0.1, 0.15) is 39.1 Å². The molecule has 1 amide bonds.